The second-order valence-corrected chi connectivity index (χ2v) is 19.1. The smallest absolute Gasteiger partial charge is 0.306 e. The number of carbonyl (C=O) groups excluding carboxylic acids is 2. The van der Waals surface area contributed by atoms with Gasteiger partial charge in [-0.05, 0) is 89.9 Å². The number of esters is 1. The molecule has 0 aromatic carbocycles. The van der Waals surface area contributed by atoms with Crippen LogP contribution in [0.3, 0.4) is 0 Å². The Morgan fingerprint density at radius 2 is 0.821 bits per heavy atom. The monoisotopic (exact) mass is 934 g/mol. The van der Waals surface area contributed by atoms with Gasteiger partial charge in [0.25, 0.3) is 0 Å². The van der Waals surface area contributed by atoms with Crippen LogP contribution in [0.1, 0.15) is 265 Å². The van der Waals surface area contributed by atoms with Gasteiger partial charge in [-0.3, -0.25) is 9.59 Å². The lowest BCUT2D eigenvalue weighted by Crippen LogP contribution is -2.46. The van der Waals surface area contributed by atoms with Crippen LogP contribution in [0.4, 0.5) is 0 Å². The number of allylic oxidation sites excluding steroid dienone is 14. The van der Waals surface area contributed by atoms with Crippen molar-refractivity contribution in [3.8, 4) is 0 Å². The number of rotatable bonds is 50. The SMILES string of the molecule is CCCCC/C=C\C/C=C\C/C=C\CCCCCCC(CC(=O)NC(CO)C(O)CCCCCCCCCCCCCCC)OC(=O)CCCCCCC/C=C/C=C/C=C/C=C/CCCCC. The summed E-state index contributed by atoms with van der Waals surface area (Å²) in [5, 5.41) is 23.8. The molecule has 0 aliphatic rings. The van der Waals surface area contributed by atoms with Crippen molar-refractivity contribution in [3.05, 3.63) is 85.1 Å². The average molecular weight is 935 g/mol. The quantitative estimate of drug-likeness (QED) is 0.0244. The van der Waals surface area contributed by atoms with Gasteiger partial charge < -0.3 is 20.3 Å². The molecule has 0 spiro atoms. The number of hydrogen-bond acceptors (Lipinski definition) is 5. The Balaban J connectivity index is 4.69. The van der Waals surface area contributed by atoms with Gasteiger partial charge >= 0.3 is 5.97 Å². The predicted molar refractivity (Wildman–Crippen MR) is 291 cm³/mol. The highest BCUT2D eigenvalue weighted by Crippen LogP contribution is 2.18. The average Bonchev–Trinajstić information content (AvgIpc) is 3.32. The summed E-state index contributed by atoms with van der Waals surface area (Å²) in [4.78, 5) is 26.3. The molecule has 0 radical (unpaired) electrons. The van der Waals surface area contributed by atoms with Crippen molar-refractivity contribution in [1.29, 1.82) is 0 Å². The third-order valence-electron chi connectivity index (χ3n) is 12.5. The van der Waals surface area contributed by atoms with Crippen molar-refractivity contribution in [2.24, 2.45) is 0 Å². The van der Waals surface area contributed by atoms with Gasteiger partial charge in [0.05, 0.1) is 25.2 Å². The van der Waals surface area contributed by atoms with Crippen LogP contribution >= 0.6 is 0 Å². The molecule has 3 N–H and O–H groups in total. The normalized spacial score (nSPS) is 13.8. The summed E-state index contributed by atoms with van der Waals surface area (Å²) in [6, 6.07) is -0.719. The lowest BCUT2D eigenvalue weighted by atomic mass is 10.0. The van der Waals surface area contributed by atoms with Crippen LogP contribution in [-0.4, -0.2) is 46.9 Å². The molecule has 0 bridgehead atoms. The Labute approximate surface area is 414 Å². The van der Waals surface area contributed by atoms with Gasteiger partial charge in [0.15, 0.2) is 0 Å². The number of carbonyl (C=O) groups is 2. The van der Waals surface area contributed by atoms with Gasteiger partial charge in [-0.1, -0.05) is 247 Å². The van der Waals surface area contributed by atoms with Crippen molar-refractivity contribution < 1.29 is 24.5 Å². The highest BCUT2D eigenvalue weighted by molar-refractivity contribution is 5.77. The zero-order valence-electron chi connectivity index (χ0n) is 44.0. The first-order chi connectivity index (χ1) is 33.0. The molecule has 0 rings (SSSR count). The van der Waals surface area contributed by atoms with E-state index in [9.17, 15) is 19.8 Å². The molecule has 6 nitrogen and oxygen atoms in total. The van der Waals surface area contributed by atoms with Crippen LogP contribution in [0.2, 0.25) is 0 Å². The number of aliphatic hydroxyl groups excluding tert-OH is 2. The summed E-state index contributed by atoms with van der Waals surface area (Å²) < 4.78 is 5.94. The number of amides is 1. The maximum atomic E-state index is 13.3. The first kappa shape index (κ1) is 64.0. The molecule has 3 unspecified atom stereocenters. The van der Waals surface area contributed by atoms with Gasteiger partial charge in [0.2, 0.25) is 5.91 Å². The summed E-state index contributed by atoms with van der Waals surface area (Å²) in [5.41, 5.74) is 0. The van der Waals surface area contributed by atoms with Crippen molar-refractivity contribution in [1.82, 2.24) is 5.32 Å². The lowest BCUT2D eigenvalue weighted by Gasteiger charge is -2.24. The summed E-state index contributed by atoms with van der Waals surface area (Å²) in [6.07, 6.45) is 70.6. The van der Waals surface area contributed by atoms with Crippen LogP contribution in [-0.2, 0) is 14.3 Å². The molecule has 0 fully saturated rings. The van der Waals surface area contributed by atoms with E-state index >= 15 is 0 Å². The van der Waals surface area contributed by atoms with E-state index in [0.717, 1.165) is 109 Å². The number of unbranched alkanes of at least 4 members (excludes halogenated alkanes) is 27. The highest BCUT2D eigenvalue weighted by atomic mass is 16.5. The highest BCUT2D eigenvalue weighted by Gasteiger charge is 2.24. The Morgan fingerprint density at radius 1 is 0.448 bits per heavy atom. The van der Waals surface area contributed by atoms with E-state index in [1.165, 1.54) is 109 Å². The number of aliphatic hydroxyl groups is 2. The van der Waals surface area contributed by atoms with Gasteiger partial charge in [-0.2, -0.15) is 0 Å². The van der Waals surface area contributed by atoms with Crippen LogP contribution in [0.25, 0.3) is 0 Å². The Bertz CT molecular complexity index is 1280. The zero-order valence-corrected chi connectivity index (χ0v) is 44.0. The van der Waals surface area contributed by atoms with Crippen molar-refractivity contribution >= 4 is 11.9 Å². The molecule has 67 heavy (non-hydrogen) atoms. The molecule has 1 amide bonds. The van der Waals surface area contributed by atoms with Gasteiger partial charge in [0.1, 0.15) is 6.10 Å². The second kappa shape index (κ2) is 54.0. The summed E-state index contributed by atoms with van der Waals surface area (Å²) in [5.74, 6) is -0.522. The molecule has 0 saturated carbocycles. The minimum atomic E-state index is -0.803. The lowest BCUT2D eigenvalue weighted by molar-refractivity contribution is -0.151. The van der Waals surface area contributed by atoms with Crippen molar-refractivity contribution in [3.63, 3.8) is 0 Å². The molecular formula is C61H107NO5. The molecule has 6 heteroatoms. The second-order valence-electron chi connectivity index (χ2n) is 19.1. The van der Waals surface area contributed by atoms with E-state index in [0.29, 0.717) is 19.3 Å². The molecule has 0 aromatic rings. The third-order valence-corrected chi connectivity index (χ3v) is 12.5. The van der Waals surface area contributed by atoms with E-state index in [1.807, 2.05) is 0 Å². The zero-order chi connectivity index (χ0) is 48.8. The molecule has 0 aromatic heterocycles. The standard InChI is InChI=1S/C61H107NO5/c1-4-7-10-13-16-19-22-25-27-29-31-33-36-39-42-45-48-51-54-61(66)67-57(52-49-46-43-40-37-35-32-30-28-26-23-20-17-14-11-8-5-2)55-60(65)62-58(56-63)59(64)53-50-47-44-41-38-34-24-21-18-15-12-9-6-3/h16-17,19-20,22,25-29,31-33,35,57-59,63-64H,4-15,18,21,23-24,30,34,36-56H2,1-3H3,(H,62,65)/b19-16+,20-17-,25-22+,28-26-,29-27+,33-31+,35-32-. The van der Waals surface area contributed by atoms with Crippen molar-refractivity contribution in [2.75, 3.05) is 6.61 Å². The molecule has 0 heterocycles. The maximum Gasteiger partial charge on any atom is 0.306 e. The maximum absolute atomic E-state index is 13.3. The molecule has 0 aliphatic heterocycles. The molecule has 0 aliphatic carbocycles. The summed E-state index contributed by atoms with van der Waals surface area (Å²) >= 11 is 0. The largest absolute Gasteiger partial charge is 0.462 e. The fourth-order valence-electron chi connectivity index (χ4n) is 8.21. The number of ether oxygens (including phenoxy) is 1. The molecule has 3 atom stereocenters. The van der Waals surface area contributed by atoms with E-state index in [2.05, 4.69) is 111 Å². The van der Waals surface area contributed by atoms with E-state index in [1.54, 1.807) is 0 Å². The summed E-state index contributed by atoms with van der Waals surface area (Å²) in [7, 11) is 0. The third kappa shape index (κ3) is 49.3. The van der Waals surface area contributed by atoms with E-state index < -0.39 is 18.2 Å². The summed E-state index contributed by atoms with van der Waals surface area (Å²) in [6.45, 7) is 6.42. The van der Waals surface area contributed by atoms with Crippen molar-refractivity contribution in [2.45, 2.75) is 283 Å². The minimum absolute atomic E-state index is 0.0494. The molecule has 0 saturated heterocycles. The molecular weight excluding hydrogens is 827 g/mol. The minimum Gasteiger partial charge on any atom is -0.462 e. The van der Waals surface area contributed by atoms with Crippen LogP contribution < -0.4 is 5.32 Å². The Hall–Kier alpha value is -2.96. The Morgan fingerprint density at radius 3 is 1.31 bits per heavy atom. The van der Waals surface area contributed by atoms with E-state index in [-0.39, 0.29) is 24.9 Å². The van der Waals surface area contributed by atoms with E-state index in [4.69, 9.17) is 4.74 Å². The fraction of sp³-hybridized carbons (Fsp3) is 0.738. The van der Waals surface area contributed by atoms with Gasteiger partial charge in [-0.15, -0.1) is 0 Å². The number of hydrogen-bond donors (Lipinski definition) is 3. The Kier molecular flexibility index (Phi) is 51.6. The van der Waals surface area contributed by atoms with Crippen LogP contribution in [0.5, 0.6) is 0 Å². The van der Waals surface area contributed by atoms with Crippen LogP contribution in [0, 0.1) is 0 Å². The first-order valence-corrected chi connectivity index (χ1v) is 28.4. The number of nitrogens with one attached hydrogen (secondary N) is 1. The van der Waals surface area contributed by atoms with Crippen LogP contribution in [0.15, 0.2) is 85.1 Å². The van der Waals surface area contributed by atoms with Gasteiger partial charge in [0, 0.05) is 6.42 Å². The topological polar surface area (TPSA) is 95.9 Å². The predicted octanol–water partition coefficient (Wildman–Crippen LogP) is 17.5. The molecule has 386 valence electrons. The fourth-order valence-corrected chi connectivity index (χ4v) is 8.21. The van der Waals surface area contributed by atoms with Gasteiger partial charge in [-0.25, -0.2) is 0 Å². The first-order valence-electron chi connectivity index (χ1n) is 28.4.